The van der Waals surface area contributed by atoms with E-state index in [0.717, 1.165) is 5.56 Å². The predicted octanol–water partition coefficient (Wildman–Crippen LogP) is 3.79. The molecule has 0 fully saturated rings. The first-order valence-electron chi connectivity index (χ1n) is 5.94. The lowest BCUT2D eigenvalue weighted by Crippen LogP contribution is -2.13. The fourth-order valence-electron chi connectivity index (χ4n) is 1.82. The van der Waals surface area contributed by atoms with Gasteiger partial charge in [-0.2, -0.15) is 0 Å². The molecule has 2 aromatic rings. The summed E-state index contributed by atoms with van der Waals surface area (Å²) < 4.78 is 14.1. The lowest BCUT2D eigenvalue weighted by molar-refractivity contribution is -0.385. The Balaban J connectivity index is 2.01. The van der Waals surface area contributed by atoms with Gasteiger partial charge in [-0.05, 0) is 17.7 Å². The Morgan fingerprint density at radius 2 is 1.95 bits per heavy atom. The van der Waals surface area contributed by atoms with E-state index in [1.807, 2.05) is 0 Å². The van der Waals surface area contributed by atoms with E-state index >= 15 is 0 Å². The van der Waals surface area contributed by atoms with Gasteiger partial charge in [0.1, 0.15) is 5.82 Å². The highest BCUT2D eigenvalue weighted by molar-refractivity contribution is 9.10. The van der Waals surface area contributed by atoms with Crippen molar-refractivity contribution in [3.8, 4) is 0 Å². The van der Waals surface area contributed by atoms with Gasteiger partial charge in [-0.15, -0.1) is 0 Å². The Bertz CT molecular complexity index is 634. The molecule has 0 aromatic heterocycles. The summed E-state index contributed by atoms with van der Waals surface area (Å²) in [5.74, 6) is -0.264. The van der Waals surface area contributed by atoms with Gasteiger partial charge < -0.3 is 5.32 Å². The summed E-state index contributed by atoms with van der Waals surface area (Å²) in [6.07, 6.45) is 0. The van der Waals surface area contributed by atoms with E-state index in [1.54, 1.807) is 24.3 Å². The monoisotopic (exact) mass is 338 g/mol. The minimum Gasteiger partial charge on any atom is -0.309 e. The fraction of sp³-hybridized carbons (Fsp3) is 0.143. The van der Waals surface area contributed by atoms with Crippen molar-refractivity contribution in [1.29, 1.82) is 0 Å². The number of non-ortho nitro benzene ring substituents is 1. The van der Waals surface area contributed by atoms with Crippen molar-refractivity contribution in [1.82, 2.24) is 5.32 Å². The molecule has 104 valence electrons. The molecule has 4 nitrogen and oxygen atoms in total. The molecule has 6 heteroatoms. The summed E-state index contributed by atoms with van der Waals surface area (Å²) in [5.41, 5.74) is 1.36. The van der Waals surface area contributed by atoms with Crippen molar-refractivity contribution in [2.24, 2.45) is 0 Å². The number of benzene rings is 2. The second kappa shape index (κ2) is 6.58. The third-order valence-corrected chi connectivity index (χ3v) is 3.21. The van der Waals surface area contributed by atoms with E-state index in [2.05, 4.69) is 21.2 Å². The van der Waals surface area contributed by atoms with E-state index in [-0.39, 0.29) is 11.5 Å². The molecule has 0 saturated heterocycles. The van der Waals surface area contributed by atoms with Gasteiger partial charge in [-0.3, -0.25) is 10.1 Å². The van der Waals surface area contributed by atoms with Crippen LogP contribution in [-0.2, 0) is 13.1 Å². The lowest BCUT2D eigenvalue weighted by Gasteiger charge is -2.06. The fourth-order valence-corrected chi connectivity index (χ4v) is 2.35. The molecule has 0 aliphatic heterocycles. The van der Waals surface area contributed by atoms with Crippen LogP contribution in [0, 0.1) is 15.9 Å². The Morgan fingerprint density at radius 1 is 1.20 bits per heavy atom. The first-order chi connectivity index (χ1) is 9.56. The van der Waals surface area contributed by atoms with E-state index < -0.39 is 4.92 Å². The number of hydrogen-bond donors (Lipinski definition) is 1. The highest BCUT2D eigenvalue weighted by atomic mass is 79.9. The van der Waals surface area contributed by atoms with Crippen molar-refractivity contribution in [3.63, 3.8) is 0 Å². The topological polar surface area (TPSA) is 55.2 Å². The standard InChI is InChI=1S/C14H12BrFN2O2/c15-12-5-10(6-13(7-12)18(19)20)8-17-9-11-3-1-2-4-14(11)16/h1-7,17H,8-9H2. The van der Waals surface area contributed by atoms with Gasteiger partial charge in [0.25, 0.3) is 5.69 Å². The van der Waals surface area contributed by atoms with E-state index in [0.29, 0.717) is 23.1 Å². The first-order valence-corrected chi connectivity index (χ1v) is 6.73. The molecule has 0 radical (unpaired) electrons. The van der Waals surface area contributed by atoms with Gasteiger partial charge in [-0.25, -0.2) is 4.39 Å². The number of halogens is 2. The molecule has 0 saturated carbocycles. The maximum atomic E-state index is 13.4. The molecule has 0 bridgehead atoms. The molecule has 0 aliphatic carbocycles. The maximum Gasteiger partial charge on any atom is 0.270 e. The van der Waals surface area contributed by atoms with Gasteiger partial charge in [-0.1, -0.05) is 34.1 Å². The summed E-state index contributed by atoms with van der Waals surface area (Å²) >= 11 is 3.24. The van der Waals surface area contributed by atoms with Crippen LogP contribution in [0.1, 0.15) is 11.1 Å². The third-order valence-electron chi connectivity index (χ3n) is 2.76. The van der Waals surface area contributed by atoms with Crippen molar-refractivity contribution in [3.05, 3.63) is 74.0 Å². The number of nitro benzene ring substituents is 1. The number of nitro groups is 1. The highest BCUT2D eigenvalue weighted by Gasteiger charge is 2.08. The van der Waals surface area contributed by atoms with Crippen molar-refractivity contribution >= 4 is 21.6 Å². The zero-order chi connectivity index (χ0) is 14.5. The van der Waals surface area contributed by atoms with Gasteiger partial charge in [0.15, 0.2) is 0 Å². The smallest absolute Gasteiger partial charge is 0.270 e. The highest BCUT2D eigenvalue weighted by Crippen LogP contribution is 2.21. The second-order valence-electron chi connectivity index (χ2n) is 4.27. The lowest BCUT2D eigenvalue weighted by atomic mass is 10.2. The normalized spacial score (nSPS) is 10.5. The van der Waals surface area contributed by atoms with E-state index in [1.165, 1.54) is 18.2 Å². The third kappa shape index (κ3) is 3.85. The molecular weight excluding hydrogens is 327 g/mol. The maximum absolute atomic E-state index is 13.4. The number of nitrogens with zero attached hydrogens (tertiary/aromatic N) is 1. The zero-order valence-electron chi connectivity index (χ0n) is 10.5. The Kier molecular flexibility index (Phi) is 4.81. The largest absolute Gasteiger partial charge is 0.309 e. The van der Waals surface area contributed by atoms with E-state index in [9.17, 15) is 14.5 Å². The summed E-state index contributed by atoms with van der Waals surface area (Å²) in [7, 11) is 0. The van der Waals surface area contributed by atoms with E-state index in [4.69, 9.17) is 0 Å². The molecule has 0 heterocycles. The van der Waals surface area contributed by atoms with Crippen molar-refractivity contribution in [2.75, 3.05) is 0 Å². The van der Waals surface area contributed by atoms with Crippen LogP contribution < -0.4 is 5.32 Å². The number of nitrogens with one attached hydrogen (secondary N) is 1. The molecule has 2 rings (SSSR count). The van der Waals surface area contributed by atoms with Crippen LogP contribution in [0.15, 0.2) is 46.9 Å². The van der Waals surface area contributed by atoms with Gasteiger partial charge in [0.2, 0.25) is 0 Å². The Morgan fingerprint density at radius 3 is 2.65 bits per heavy atom. The Labute approximate surface area is 123 Å². The van der Waals surface area contributed by atoms with Crippen LogP contribution in [0.2, 0.25) is 0 Å². The van der Waals surface area contributed by atoms with Crippen LogP contribution in [0.4, 0.5) is 10.1 Å². The molecule has 0 spiro atoms. The molecule has 0 amide bonds. The molecule has 0 unspecified atom stereocenters. The number of hydrogen-bond acceptors (Lipinski definition) is 3. The molecule has 20 heavy (non-hydrogen) atoms. The van der Waals surface area contributed by atoms with Gasteiger partial charge in [0, 0.05) is 35.3 Å². The average Bonchev–Trinajstić information content (AvgIpc) is 2.40. The summed E-state index contributed by atoms with van der Waals surface area (Å²) in [4.78, 5) is 10.3. The molecule has 1 N–H and O–H groups in total. The Hall–Kier alpha value is -1.79. The zero-order valence-corrected chi connectivity index (χ0v) is 12.1. The molecule has 2 aromatic carbocycles. The molecule has 0 aliphatic rings. The summed E-state index contributed by atoms with van der Waals surface area (Å²) in [6.45, 7) is 0.793. The molecule has 0 atom stereocenters. The van der Waals surface area contributed by atoms with Gasteiger partial charge >= 0.3 is 0 Å². The SMILES string of the molecule is O=[N+]([O-])c1cc(Br)cc(CNCc2ccccc2F)c1. The van der Waals surface area contributed by atoms with Gasteiger partial charge in [0.05, 0.1) is 4.92 Å². The minimum absolute atomic E-state index is 0.0297. The minimum atomic E-state index is -0.439. The summed E-state index contributed by atoms with van der Waals surface area (Å²) in [5, 5.41) is 13.8. The second-order valence-corrected chi connectivity index (χ2v) is 5.19. The van der Waals surface area contributed by atoms with Crippen LogP contribution >= 0.6 is 15.9 Å². The summed E-state index contributed by atoms with van der Waals surface area (Å²) in [6, 6.07) is 11.2. The van der Waals surface area contributed by atoms with Crippen LogP contribution in [0.25, 0.3) is 0 Å². The van der Waals surface area contributed by atoms with Crippen LogP contribution in [0.5, 0.6) is 0 Å². The predicted molar refractivity (Wildman–Crippen MR) is 77.7 cm³/mol. The van der Waals surface area contributed by atoms with Crippen LogP contribution in [0.3, 0.4) is 0 Å². The van der Waals surface area contributed by atoms with Crippen molar-refractivity contribution in [2.45, 2.75) is 13.1 Å². The molecular formula is C14H12BrFN2O2. The van der Waals surface area contributed by atoms with Crippen molar-refractivity contribution < 1.29 is 9.31 Å². The first kappa shape index (κ1) is 14.6. The van der Waals surface area contributed by atoms with Crippen LogP contribution in [-0.4, -0.2) is 4.92 Å². The number of rotatable bonds is 5. The average molecular weight is 339 g/mol. The quantitative estimate of drug-likeness (QED) is 0.666.